The van der Waals surface area contributed by atoms with Crippen molar-refractivity contribution < 1.29 is 19.1 Å². The van der Waals surface area contributed by atoms with Crippen LogP contribution in [0.3, 0.4) is 0 Å². The van der Waals surface area contributed by atoms with Gasteiger partial charge in [0.2, 0.25) is 0 Å². The Balaban J connectivity index is 2.18. The second kappa shape index (κ2) is 6.54. The zero-order valence-electron chi connectivity index (χ0n) is 11.6. The normalized spacial score (nSPS) is 10.7. The SMILES string of the molecule is CC(C)OC(=O)COC(=O)c1cc(Cl)nc2ccccc12. The number of esters is 2. The highest BCUT2D eigenvalue weighted by atomic mass is 35.5. The fraction of sp³-hybridized carbons (Fsp3) is 0.267. The summed E-state index contributed by atoms with van der Waals surface area (Å²) < 4.78 is 9.85. The van der Waals surface area contributed by atoms with E-state index in [1.165, 1.54) is 6.07 Å². The molecule has 0 saturated heterocycles. The highest BCUT2D eigenvalue weighted by Crippen LogP contribution is 2.21. The van der Waals surface area contributed by atoms with Gasteiger partial charge in [0.25, 0.3) is 0 Å². The number of benzene rings is 1. The molecule has 0 spiro atoms. The second-order valence-electron chi connectivity index (χ2n) is 4.62. The number of carbonyl (C=O) groups excluding carboxylic acids is 2. The molecule has 6 heteroatoms. The van der Waals surface area contributed by atoms with Gasteiger partial charge in [-0.15, -0.1) is 0 Å². The maximum absolute atomic E-state index is 12.1. The van der Waals surface area contributed by atoms with Gasteiger partial charge in [-0.3, -0.25) is 0 Å². The molecule has 110 valence electrons. The number of pyridine rings is 1. The van der Waals surface area contributed by atoms with Gasteiger partial charge < -0.3 is 9.47 Å². The molecule has 21 heavy (non-hydrogen) atoms. The molecule has 0 bridgehead atoms. The second-order valence-corrected chi connectivity index (χ2v) is 5.01. The summed E-state index contributed by atoms with van der Waals surface area (Å²) >= 11 is 5.89. The molecule has 0 amide bonds. The molecule has 1 aromatic carbocycles. The summed E-state index contributed by atoms with van der Waals surface area (Å²) in [5.74, 6) is -1.24. The molecule has 0 fully saturated rings. The number of carbonyl (C=O) groups is 2. The predicted octanol–water partition coefficient (Wildman–Crippen LogP) is 3.00. The first-order valence-corrected chi connectivity index (χ1v) is 6.77. The first kappa shape index (κ1) is 15.3. The fourth-order valence-electron chi connectivity index (χ4n) is 1.81. The Labute approximate surface area is 126 Å². The summed E-state index contributed by atoms with van der Waals surface area (Å²) in [6, 6.07) is 8.47. The highest BCUT2D eigenvalue weighted by Gasteiger charge is 2.16. The van der Waals surface area contributed by atoms with Crippen molar-refractivity contribution in [2.24, 2.45) is 0 Å². The number of ether oxygens (including phenoxy) is 2. The number of hydrogen-bond acceptors (Lipinski definition) is 5. The zero-order chi connectivity index (χ0) is 15.4. The molecule has 0 radical (unpaired) electrons. The van der Waals surface area contributed by atoms with Gasteiger partial charge in [-0.05, 0) is 26.0 Å². The lowest BCUT2D eigenvalue weighted by molar-refractivity contribution is -0.150. The van der Waals surface area contributed by atoms with Crippen LogP contribution in [0.25, 0.3) is 10.9 Å². The van der Waals surface area contributed by atoms with E-state index in [1.807, 2.05) is 0 Å². The molecule has 1 aromatic heterocycles. The Hall–Kier alpha value is -2.14. The molecule has 0 N–H and O–H groups in total. The molecular formula is C15H14ClNO4. The molecule has 0 aliphatic rings. The van der Waals surface area contributed by atoms with Gasteiger partial charge >= 0.3 is 11.9 Å². The quantitative estimate of drug-likeness (QED) is 0.641. The summed E-state index contributed by atoms with van der Waals surface area (Å²) in [5.41, 5.74) is 0.852. The van der Waals surface area contributed by atoms with E-state index in [2.05, 4.69) is 4.98 Å². The third kappa shape index (κ3) is 3.92. The number of rotatable bonds is 4. The Morgan fingerprint density at radius 1 is 1.29 bits per heavy atom. The fourth-order valence-corrected chi connectivity index (χ4v) is 2.01. The van der Waals surface area contributed by atoms with Crippen LogP contribution in [0.5, 0.6) is 0 Å². The van der Waals surface area contributed by atoms with Gasteiger partial charge in [0.15, 0.2) is 6.61 Å². The standard InChI is InChI=1S/C15H14ClNO4/c1-9(2)21-14(18)8-20-15(19)11-7-13(16)17-12-6-4-3-5-10(11)12/h3-7,9H,8H2,1-2H3. The lowest BCUT2D eigenvalue weighted by Gasteiger charge is -2.09. The number of para-hydroxylation sites is 1. The van der Waals surface area contributed by atoms with Crippen LogP contribution in [0.1, 0.15) is 24.2 Å². The molecule has 0 aliphatic carbocycles. The van der Waals surface area contributed by atoms with Gasteiger partial charge in [-0.2, -0.15) is 0 Å². The molecule has 2 rings (SSSR count). The van der Waals surface area contributed by atoms with Crippen molar-refractivity contribution in [1.82, 2.24) is 4.98 Å². The van der Waals surface area contributed by atoms with E-state index < -0.39 is 18.5 Å². The molecular weight excluding hydrogens is 294 g/mol. The number of fused-ring (bicyclic) bond motifs is 1. The number of halogens is 1. The number of nitrogens with zero attached hydrogens (tertiary/aromatic N) is 1. The summed E-state index contributed by atoms with van der Waals surface area (Å²) in [6.07, 6.45) is -0.257. The van der Waals surface area contributed by atoms with Crippen LogP contribution in [-0.2, 0) is 14.3 Å². The summed E-state index contributed by atoms with van der Waals surface area (Å²) in [5, 5.41) is 0.800. The maximum Gasteiger partial charge on any atom is 0.344 e. The molecule has 0 atom stereocenters. The van der Waals surface area contributed by atoms with E-state index in [0.29, 0.717) is 10.9 Å². The zero-order valence-corrected chi connectivity index (χ0v) is 12.4. The number of aromatic nitrogens is 1. The Bertz CT molecular complexity index is 684. The minimum Gasteiger partial charge on any atom is -0.460 e. The van der Waals surface area contributed by atoms with Crippen molar-refractivity contribution in [3.63, 3.8) is 0 Å². The predicted molar refractivity (Wildman–Crippen MR) is 78.3 cm³/mol. The van der Waals surface area contributed by atoms with Gasteiger partial charge in [0, 0.05) is 5.39 Å². The topological polar surface area (TPSA) is 65.5 Å². The van der Waals surface area contributed by atoms with Gasteiger partial charge in [0.05, 0.1) is 17.2 Å². The van der Waals surface area contributed by atoms with Crippen LogP contribution >= 0.6 is 11.6 Å². The van der Waals surface area contributed by atoms with E-state index in [0.717, 1.165) is 0 Å². The monoisotopic (exact) mass is 307 g/mol. The first-order chi connectivity index (χ1) is 9.97. The Kier molecular flexibility index (Phi) is 4.75. The average Bonchev–Trinajstić information content (AvgIpc) is 2.43. The van der Waals surface area contributed by atoms with Crippen LogP contribution in [0.15, 0.2) is 30.3 Å². The van der Waals surface area contributed by atoms with Crippen LogP contribution in [-0.4, -0.2) is 29.6 Å². The van der Waals surface area contributed by atoms with E-state index in [4.69, 9.17) is 21.1 Å². The highest BCUT2D eigenvalue weighted by molar-refractivity contribution is 6.30. The van der Waals surface area contributed by atoms with E-state index >= 15 is 0 Å². The Morgan fingerprint density at radius 2 is 2.00 bits per heavy atom. The third-order valence-corrected chi connectivity index (χ3v) is 2.79. The van der Waals surface area contributed by atoms with Crippen molar-refractivity contribution in [2.75, 3.05) is 6.61 Å². The van der Waals surface area contributed by atoms with Crippen molar-refractivity contribution in [2.45, 2.75) is 20.0 Å². The molecule has 0 saturated carbocycles. The largest absolute Gasteiger partial charge is 0.460 e. The molecule has 0 aliphatic heterocycles. The molecule has 0 unspecified atom stereocenters. The third-order valence-electron chi connectivity index (χ3n) is 2.59. The minimum absolute atomic E-state index is 0.186. The van der Waals surface area contributed by atoms with Crippen LogP contribution in [0, 0.1) is 0 Å². The van der Waals surface area contributed by atoms with Crippen LogP contribution < -0.4 is 0 Å². The van der Waals surface area contributed by atoms with Gasteiger partial charge in [0.1, 0.15) is 5.15 Å². The van der Waals surface area contributed by atoms with Crippen molar-refractivity contribution >= 4 is 34.4 Å². The van der Waals surface area contributed by atoms with Crippen LogP contribution in [0.2, 0.25) is 5.15 Å². The smallest absolute Gasteiger partial charge is 0.344 e. The van der Waals surface area contributed by atoms with Gasteiger partial charge in [-0.1, -0.05) is 29.8 Å². The van der Waals surface area contributed by atoms with E-state index in [-0.39, 0.29) is 16.8 Å². The summed E-state index contributed by atoms with van der Waals surface area (Å²) in [4.78, 5) is 27.6. The number of hydrogen-bond donors (Lipinski definition) is 0. The summed E-state index contributed by atoms with van der Waals surface area (Å²) in [6.45, 7) is 3.00. The van der Waals surface area contributed by atoms with Gasteiger partial charge in [-0.25, -0.2) is 14.6 Å². The average molecular weight is 308 g/mol. The maximum atomic E-state index is 12.1. The van der Waals surface area contributed by atoms with E-state index in [1.54, 1.807) is 38.1 Å². The first-order valence-electron chi connectivity index (χ1n) is 6.39. The van der Waals surface area contributed by atoms with Crippen LogP contribution in [0.4, 0.5) is 0 Å². The van der Waals surface area contributed by atoms with Crippen molar-refractivity contribution in [1.29, 1.82) is 0 Å². The van der Waals surface area contributed by atoms with E-state index in [9.17, 15) is 9.59 Å². The minimum atomic E-state index is -0.642. The van der Waals surface area contributed by atoms with Crippen molar-refractivity contribution in [3.05, 3.63) is 41.0 Å². The molecule has 2 aromatic rings. The Morgan fingerprint density at radius 3 is 2.71 bits per heavy atom. The molecule has 5 nitrogen and oxygen atoms in total. The lowest BCUT2D eigenvalue weighted by atomic mass is 10.1. The van der Waals surface area contributed by atoms with Crippen molar-refractivity contribution in [3.8, 4) is 0 Å². The molecule has 1 heterocycles. The lowest BCUT2D eigenvalue weighted by Crippen LogP contribution is -2.19. The summed E-state index contributed by atoms with van der Waals surface area (Å²) in [7, 11) is 0.